The van der Waals surface area contributed by atoms with Crippen molar-refractivity contribution >= 4 is 16.8 Å². The number of aromatic nitrogens is 1. The molecular formula is C17H22N2O2. The molecule has 1 atom stereocenters. The summed E-state index contributed by atoms with van der Waals surface area (Å²) in [7, 11) is 0. The van der Waals surface area contributed by atoms with Gasteiger partial charge in [0.1, 0.15) is 5.60 Å². The van der Waals surface area contributed by atoms with Gasteiger partial charge in [-0.2, -0.15) is 0 Å². The van der Waals surface area contributed by atoms with Crippen LogP contribution in [-0.4, -0.2) is 17.5 Å². The molecule has 0 radical (unpaired) electrons. The largest absolute Gasteiger partial charge is 0.370 e. The van der Waals surface area contributed by atoms with Crippen LogP contribution in [0, 0.1) is 0 Å². The Morgan fingerprint density at radius 2 is 2.24 bits per heavy atom. The first-order chi connectivity index (χ1) is 10.1. The molecule has 2 aromatic rings. The van der Waals surface area contributed by atoms with E-state index in [9.17, 15) is 4.79 Å². The minimum absolute atomic E-state index is 0.227. The fourth-order valence-electron chi connectivity index (χ4n) is 3.52. The third-order valence-electron chi connectivity index (χ3n) is 4.63. The zero-order valence-corrected chi connectivity index (χ0v) is 12.7. The number of rotatable bonds is 4. The Balaban J connectivity index is 2.24. The highest BCUT2D eigenvalue weighted by Crippen LogP contribution is 2.41. The van der Waals surface area contributed by atoms with Gasteiger partial charge in [-0.25, -0.2) is 0 Å². The van der Waals surface area contributed by atoms with Crippen molar-refractivity contribution in [3.8, 4) is 0 Å². The molecule has 4 heteroatoms. The maximum absolute atomic E-state index is 11.5. The summed E-state index contributed by atoms with van der Waals surface area (Å²) in [5.74, 6) is -0.320. The average molecular weight is 286 g/mol. The predicted molar refractivity (Wildman–Crippen MR) is 83.1 cm³/mol. The quantitative estimate of drug-likeness (QED) is 0.907. The zero-order valence-electron chi connectivity index (χ0n) is 12.7. The molecule has 4 nitrogen and oxygen atoms in total. The molecule has 0 aliphatic carbocycles. The van der Waals surface area contributed by atoms with Crippen molar-refractivity contribution in [2.45, 2.75) is 45.1 Å². The highest BCUT2D eigenvalue weighted by Gasteiger charge is 2.40. The van der Waals surface area contributed by atoms with Crippen molar-refractivity contribution in [2.24, 2.45) is 5.73 Å². The molecule has 112 valence electrons. The number of amides is 1. The van der Waals surface area contributed by atoms with Crippen molar-refractivity contribution in [3.63, 3.8) is 0 Å². The first kappa shape index (κ1) is 14.1. The van der Waals surface area contributed by atoms with E-state index in [4.69, 9.17) is 10.5 Å². The number of nitrogens with one attached hydrogen (secondary N) is 1. The molecule has 0 spiro atoms. The van der Waals surface area contributed by atoms with Crippen molar-refractivity contribution in [1.82, 2.24) is 4.98 Å². The minimum Gasteiger partial charge on any atom is -0.370 e. The monoisotopic (exact) mass is 286 g/mol. The molecule has 1 aromatic heterocycles. The summed E-state index contributed by atoms with van der Waals surface area (Å²) in [4.78, 5) is 15.1. The summed E-state index contributed by atoms with van der Waals surface area (Å²) in [6.07, 6.45) is 2.82. The molecule has 0 saturated heterocycles. The molecule has 3 rings (SSSR count). The number of benzene rings is 1. The zero-order chi connectivity index (χ0) is 15.0. The lowest BCUT2D eigenvalue weighted by Crippen LogP contribution is -2.39. The standard InChI is InChI=1S/C17H22N2O2/c1-3-11-6-5-7-12-13-8-9-21-17(4-2,10-14(18)20)16(13)19-15(11)12/h5-7,19H,3-4,8-10H2,1-2H3,(H2,18,20). The lowest BCUT2D eigenvalue weighted by molar-refractivity contribution is -0.129. The van der Waals surface area contributed by atoms with E-state index in [1.165, 1.54) is 22.0 Å². The van der Waals surface area contributed by atoms with Crippen LogP contribution in [0.4, 0.5) is 0 Å². The van der Waals surface area contributed by atoms with Crippen LogP contribution in [0.2, 0.25) is 0 Å². The number of hydrogen-bond acceptors (Lipinski definition) is 2. The summed E-state index contributed by atoms with van der Waals surface area (Å²) in [5, 5.41) is 1.26. The molecule has 1 aliphatic heterocycles. The van der Waals surface area contributed by atoms with E-state index in [0.717, 1.165) is 25.0 Å². The number of fused-ring (bicyclic) bond motifs is 3. The lowest BCUT2D eigenvalue weighted by atomic mass is 9.86. The SMILES string of the molecule is CCc1cccc2c3c([nH]c12)C(CC)(CC(N)=O)OCC3. The number of carbonyl (C=O) groups is 1. The van der Waals surface area contributed by atoms with Gasteiger partial charge in [0.25, 0.3) is 0 Å². The van der Waals surface area contributed by atoms with E-state index in [2.05, 4.69) is 30.1 Å². The van der Waals surface area contributed by atoms with Crippen LogP contribution in [0.5, 0.6) is 0 Å². The normalized spacial score (nSPS) is 21.4. The van der Waals surface area contributed by atoms with Crippen LogP contribution >= 0.6 is 0 Å². The molecule has 0 bridgehead atoms. The predicted octanol–water partition coefficient (Wildman–Crippen LogP) is 2.78. The number of hydrogen-bond donors (Lipinski definition) is 2. The minimum atomic E-state index is -0.594. The number of nitrogens with two attached hydrogens (primary N) is 1. The van der Waals surface area contributed by atoms with E-state index >= 15 is 0 Å². The topological polar surface area (TPSA) is 68.1 Å². The summed E-state index contributed by atoms with van der Waals surface area (Å²) in [6.45, 7) is 4.84. The Morgan fingerprint density at radius 3 is 2.90 bits per heavy atom. The summed E-state index contributed by atoms with van der Waals surface area (Å²) < 4.78 is 6.02. The van der Waals surface area contributed by atoms with Gasteiger partial charge in [-0.05, 0) is 30.4 Å². The lowest BCUT2D eigenvalue weighted by Gasteiger charge is -2.35. The third-order valence-corrected chi connectivity index (χ3v) is 4.63. The number of aryl methyl sites for hydroxylation is 1. The first-order valence-corrected chi connectivity index (χ1v) is 7.66. The summed E-state index contributed by atoms with van der Waals surface area (Å²) in [5.41, 5.74) is 9.67. The van der Waals surface area contributed by atoms with Crippen LogP contribution in [-0.2, 0) is 28.0 Å². The van der Waals surface area contributed by atoms with E-state index in [0.29, 0.717) is 6.61 Å². The van der Waals surface area contributed by atoms with E-state index < -0.39 is 5.60 Å². The number of aromatic amines is 1. The second-order valence-electron chi connectivity index (χ2n) is 5.76. The Kier molecular flexibility index (Phi) is 3.49. The van der Waals surface area contributed by atoms with Crippen molar-refractivity contribution in [1.29, 1.82) is 0 Å². The molecule has 0 fully saturated rings. The molecule has 21 heavy (non-hydrogen) atoms. The molecule has 0 saturated carbocycles. The molecular weight excluding hydrogens is 264 g/mol. The van der Waals surface area contributed by atoms with Gasteiger partial charge in [0.05, 0.1) is 18.7 Å². The Bertz CT molecular complexity index is 689. The van der Waals surface area contributed by atoms with Crippen molar-refractivity contribution in [3.05, 3.63) is 35.0 Å². The third kappa shape index (κ3) is 2.14. The van der Waals surface area contributed by atoms with Crippen LogP contribution in [0.3, 0.4) is 0 Å². The van der Waals surface area contributed by atoms with E-state index in [1.807, 2.05) is 6.92 Å². The maximum Gasteiger partial charge on any atom is 0.220 e. The van der Waals surface area contributed by atoms with Gasteiger partial charge < -0.3 is 15.5 Å². The van der Waals surface area contributed by atoms with Gasteiger partial charge in [0.2, 0.25) is 5.91 Å². The van der Waals surface area contributed by atoms with Crippen molar-refractivity contribution in [2.75, 3.05) is 6.61 Å². The average Bonchev–Trinajstić information content (AvgIpc) is 2.87. The van der Waals surface area contributed by atoms with E-state index in [1.54, 1.807) is 0 Å². The molecule has 1 unspecified atom stereocenters. The number of primary amides is 1. The first-order valence-electron chi connectivity index (χ1n) is 7.66. The van der Waals surface area contributed by atoms with Gasteiger partial charge in [-0.3, -0.25) is 4.79 Å². The molecule has 2 heterocycles. The van der Waals surface area contributed by atoms with Gasteiger partial charge in [-0.15, -0.1) is 0 Å². The second kappa shape index (κ2) is 5.19. The Hall–Kier alpha value is -1.81. The van der Waals surface area contributed by atoms with Gasteiger partial charge in [0, 0.05) is 10.9 Å². The molecule has 1 aliphatic rings. The van der Waals surface area contributed by atoms with Crippen LogP contribution in [0.25, 0.3) is 10.9 Å². The Labute approximate surface area is 124 Å². The number of ether oxygens (including phenoxy) is 1. The molecule has 3 N–H and O–H groups in total. The fraction of sp³-hybridized carbons (Fsp3) is 0.471. The number of para-hydroxylation sites is 1. The number of H-pyrrole nitrogens is 1. The van der Waals surface area contributed by atoms with Crippen LogP contribution < -0.4 is 5.73 Å². The summed E-state index contributed by atoms with van der Waals surface area (Å²) in [6, 6.07) is 6.40. The van der Waals surface area contributed by atoms with Gasteiger partial charge in [0.15, 0.2) is 0 Å². The highest BCUT2D eigenvalue weighted by atomic mass is 16.5. The second-order valence-corrected chi connectivity index (χ2v) is 5.76. The Morgan fingerprint density at radius 1 is 1.43 bits per heavy atom. The van der Waals surface area contributed by atoms with Gasteiger partial charge in [-0.1, -0.05) is 32.0 Å². The highest BCUT2D eigenvalue weighted by molar-refractivity contribution is 5.88. The number of carbonyl (C=O) groups excluding carboxylic acids is 1. The summed E-state index contributed by atoms with van der Waals surface area (Å²) >= 11 is 0. The smallest absolute Gasteiger partial charge is 0.220 e. The maximum atomic E-state index is 11.5. The molecule has 1 aromatic carbocycles. The van der Waals surface area contributed by atoms with Crippen LogP contribution in [0.15, 0.2) is 18.2 Å². The van der Waals surface area contributed by atoms with Gasteiger partial charge >= 0.3 is 0 Å². The van der Waals surface area contributed by atoms with Crippen LogP contribution in [0.1, 0.15) is 43.5 Å². The van der Waals surface area contributed by atoms with E-state index in [-0.39, 0.29) is 12.3 Å². The molecule has 1 amide bonds. The fourth-order valence-corrected chi connectivity index (χ4v) is 3.52. The van der Waals surface area contributed by atoms with Crippen molar-refractivity contribution < 1.29 is 9.53 Å².